The SMILES string of the molecule is CC1NCCCN(C2C3CC4CC(C3)CC2C4)C1=O. The highest BCUT2D eigenvalue weighted by Gasteiger charge is 2.51. The molecule has 4 aliphatic carbocycles. The number of hydrogen-bond donors (Lipinski definition) is 1. The fraction of sp³-hybridized carbons (Fsp3) is 0.938. The van der Waals surface area contributed by atoms with Crippen LogP contribution in [0.25, 0.3) is 0 Å². The summed E-state index contributed by atoms with van der Waals surface area (Å²) in [5, 5.41) is 3.36. The zero-order valence-corrected chi connectivity index (χ0v) is 12.0. The molecule has 0 spiro atoms. The molecule has 3 heteroatoms. The quantitative estimate of drug-likeness (QED) is 0.784. The predicted molar refractivity (Wildman–Crippen MR) is 74.6 cm³/mol. The molecule has 4 saturated carbocycles. The Hall–Kier alpha value is -0.570. The molecule has 1 aliphatic heterocycles. The van der Waals surface area contributed by atoms with E-state index < -0.39 is 0 Å². The fourth-order valence-electron chi connectivity index (χ4n) is 5.72. The van der Waals surface area contributed by atoms with Crippen LogP contribution >= 0.6 is 0 Å². The number of carbonyl (C=O) groups excluding carboxylic acids is 1. The minimum atomic E-state index is 0.0275. The van der Waals surface area contributed by atoms with Crippen molar-refractivity contribution in [3.8, 4) is 0 Å². The van der Waals surface area contributed by atoms with E-state index in [0.29, 0.717) is 11.9 Å². The van der Waals surface area contributed by atoms with Gasteiger partial charge in [0.05, 0.1) is 6.04 Å². The van der Waals surface area contributed by atoms with Gasteiger partial charge in [-0.3, -0.25) is 4.79 Å². The summed E-state index contributed by atoms with van der Waals surface area (Å²) >= 11 is 0. The van der Waals surface area contributed by atoms with E-state index in [1.807, 2.05) is 6.92 Å². The molecule has 1 atom stereocenters. The van der Waals surface area contributed by atoms with Gasteiger partial charge >= 0.3 is 0 Å². The molecule has 106 valence electrons. The minimum absolute atomic E-state index is 0.0275. The van der Waals surface area contributed by atoms with Crippen LogP contribution in [0.2, 0.25) is 0 Å². The number of carbonyl (C=O) groups is 1. The molecule has 0 aromatic carbocycles. The lowest BCUT2D eigenvalue weighted by Crippen LogP contribution is -2.59. The van der Waals surface area contributed by atoms with Crippen molar-refractivity contribution in [2.24, 2.45) is 23.7 Å². The number of nitrogens with zero attached hydrogens (tertiary/aromatic N) is 1. The van der Waals surface area contributed by atoms with Crippen LogP contribution in [0.5, 0.6) is 0 Å². The first-order valence-electron chi connectivity index (χ1n) is 8.26. The molecule has 4 bridgehead atoms. The molecule has 1 unspecified atom stereocenters. The summed E-state index contributed by atoms with van der Waals surface area (Å²) in [6.45, 7) is 4.02. The van der Waals surface area contributed by atoms with Gasteiger partial charge in [-0.1, -0.05) is 0 Å². The van der Waals surface area contributed by atoms with Crippen LogP contribution in [0.4, 0.5) is 0 Å². The maximum Gasteiger partial charge on any atom is 0.239 e. The van der Waals surface area contributed by atoms with E-state index in [9.17, 15) is 4.79 Å². The van der Waals surface area contributed by atoms with Crippen molar-refractivity contribution in [1.29, 1.82) is 0 Å². The van der Waals surface area contributed by atoms with Gasteiger partial charge in [0.15, 0.2) is 0 Å². The van der Waals surface area contributed by atoms with Crippen LogP contribution in [0, 0.1) is 23.7 Å². The Morgan fingerprint density at radius 3 is 2.32 bits per heavy atom. The third-order valence-corrected chi connectivity index (χ3v) is 6.22. The Labute approximate surface area is 116 Å². The number of rotatable bonds is 1. The normalized spacial score (nSPS) is 49.5. The molecular weight excluding hydrogens is 236 g/mol. The Morgan fingerprint density at radius 2 is 1.68 bits per heavy atom. The highest BCUT2D eigenvalue weighted by Crippen LogP contribution is 2.55. The Morgan fingerprint density at radius 1 is 1.05 bits per heavy atom. The van der Waals surface area contributed by atoms with E-state index in [0.717, 1.165) is 43.2 Å². The third kappa shape index (κ3) is 1.93. The minimum Gasteiger partial charge on any atom is -0.338 e. The second kappa shape index (κ2) is 4.47. The van der Waals surface area contributed by atoms with Gasteiger partial charge in [-0.05, 0) is 75.7 Å². The lowest BCUT2D eigenvalue weighted by Gasteiger charge is -2.57. The van der Waals surface area contributed by atoms with E-state index in [4.69, 9.17) is 0 Å². The molecule has 3 nitrogen and oxygen atoms in total. The van der Waals surface area contributed by atoms with Crippen LogP contribution in [0.15, 0.2) is 0 Å². The van der Waals surface area contributed by atoms with E-state index in [2.05, 4.69) is 10.2 Å². The summed E-state index contributed by atoms with van der Waals surface area (Å²) in [6, 6.07) is 0.613. The summed E-state index contributed by atoms with van der Waals surface area (Å²) in [5.41, 5.74) is 0. The van der Waals surface area contributed by atoms with Crippen LogP contribution in [0.3, 0.4) is 0 Å². The summed E-state index contributed by atoms with van der Waals surface area (Å²) in [5.74, 6) is 4.01. The first-order valence-corrected chi connectivity index (χ1v) is 8.26. The standard InChI is InChI=1S/C16H26N2O/c1-10-16(19)18(4-2-3-17-10)15-13-6-11-5-12(8-13)9-14(15)7-11/h10-15,17H,2-9H2,1H3. The average Bonchev–Trinajstić information content (AvgIpc) is 2.53. The Balaban J connectivity index is 1.59. The van der Waals surface area contributed by atoms with Crippen molar-refractivity contribution in [2.75, 3.05) is 13.1 Å². The molecule has 19 heavy (non-hydrogen) atoms. The van der Waals surface area contributed by atoms with Gasteiger partial charge in [0.1, 0.15) is 0 Å². The van der Waals surface area contributed by atoms with Crippen molar-refractivity contribution in [3.05, 3.63) is 0 Å². The predicted octanol–water partition coefficient (Wildman–Crippen LogP) is 2.02. The molecule has 0 aromatic heterocycles. The van der Waals surface area contributed by atoms with Crippen molar-refractivity contribution in [2.45, 2.75) is 57.5 Å². The maximum atomic E-state index is 12.6. The van der Waals surface area contributed by atoms with Crippen molar-refractivity contribution in [3.63, 3.8) is 0 Å². The fourth-order valence-corrected chi connectivity index (χ4v) is 5.72. The smallest absolute Gasteiger partial charge is 0.239 e. The van der Waals surface area contributed by atoms with Crippen LogP contribution in [0.1, 0.15) is 45.4 Å². The zero-order valence-electron chi connectivity index (χ0n) is 12.0. The highest BCUT2D eigenvalue weighted by molar-refractivity contribution is 5.82. The van der Waals surface area contributed by atoms with E-state index >= 15 is 0 Å². The number of hydrogen-bond acceptors (Lipinski definition) is 2. The zero-order chi connectivity index (χ0) is 13.0. The summed E-state index contributed by atoms with van der Waals surface area (Å²) in [7, 11) is 0. The van der Waals surface area contributed by atoms with E-state index in [-0.39, 0.29) is 6.04 Å². The summed E-state index contributed by atoms with van der Waals surface area (Å²) in [4.78, 5) is 14.9. The van der Waals surface area contributed by atoms with Crippen LogP contribution < -0.4 is 5.32 Å². The molecule has 5 fully saturated rings. The average molecular weight is 262 g/mol. The van der Waals surface area contributed by atoms with E-state index in [1.54, 1.807) is 0 Å². The molecule has 1 saturated heterocycles. The van der Waals surface area contributed by atoms with Crippen LogP contribution in [-0.2, 0) is 4.79 Å². The second-order valence-corrected chi connectivity index (χ2v) is 7.48. The maximum absolute atomic E-state index is 12.6. The van der Waals surface area contributed by atoms with Crippen molar-refractivity contribution < 1.29 is 4.79 Å². The summed E-state index contributed by atoms with van der Waals surface area (Å²) in [6.07, 6.45) is 8.24. The number of nitrogens with one attached hydrogen (secondary N) is 1. The van der Waals surface area contributed by atoms with Crippen LogP contribution in [-0.4, -0.2) is 36.0 Å². The van der Waals surface area contributed by atoms with Gasteiger partial charge < -0.3 is 10.2 Å². The lowest BCUT2D eigenvalue weighted by molar-refractivity contribution is -0.144. The molecule has 5 aliphatic rings. The van der Waals surface area contributed by atoms with Gasteiger partial charge in [-0.2, -0.15) is 0 Å². The third-order valence-electron chi connectivity index (χ3n) is 6.22. The Bertz CT molecular complexity index is 353. The molecular formula is C16H26N2O. The molecule has 1 amide bonds. The van der Waals surface area contributed by atoms with Gasteiger partial charge in [-0.25, -0.2) is 0 Å². The summed E-state index contributed by atoms with van der Waals surface area (Å²) < 4.78 is 0. The molecule has 5 rings (SSSR count). The largest absolute Gasteiger partial charge is 0.338 e. The first-order chi connectivity index (χ1) is 9.22. The van der Waals surface area contributed by atoms with E-state index in [1.165, 1.54) is 32.1 Å². The van der Waals surface area contributed by atoms with Gasteiger partial charge in [0.2, 0.25) is 5.91 Å². The molecule has 0 aromatic rings. The first kappa shape index (κ1) is 12.2. The molecule has 0 radical (unpaired) electrons. The van der Waals surface area contributed by atoms with Crippen molar-refractivity contribution in [1.82, 2.24) is 10.2 Å². The van der Waals surface area contributed by atoms with Gasteiger partial charge in [0.25, 0.3) is 0 Å². The molecule has 1 N–H and O–H groups in total. The van der Waals surface area contributed by atoms with Gasteiger partial charge in [0, 0.05) is 12.6 Å². The lowest BCUT2D eigenvalue weighted by atomic mass is 9.54. The monoisotopic (exact) mass is 262 g/mol. The topological polar surface area (TPSA) is 32.3 Å². The van der Waals surface area contributed by atoms with Gasteiger partial charge in [-0.15, -0.1) is 0 Å². The second-order valence-electron chi connectivity index (χ2n) is 7.48. The number of amides is 1. The highest BCUT2D eigenvalue weighted by atomic mass is 16.2. The molecule has 1 heterocycles. The van der Waals surface area contributed by atoms with Crippen molar-refractivity contribution >= 4 is 5.91 Å². The Kier molecular flexibility index (Phi) is 2.87.